The molecule has 6 heteroatoms. The standard InChI is InChI=1S/C18H19F2NO3/c1-12-4-3-5-16(10-12)23-13(2)17(22)21-11-14-6-8-15(9-7-14)24-18(19)20/h3-10,13,18H,11H2,1-2H3,(H,21,22). The number of hydrogen-bond acceptors (Lipinski definition) is 3. The summed E-state index contributed by atoms with van der Waals surface area (Å²) in [6.45, 7) is 1.03. The van der Waals surface area contributed by atoms with Crippen molar-refractivity contribution in [1.29, 1.82) is 0 Å². The van der Waals surface area contributed by atoms with Gasteiger partial charge in [-0.2, -0.15) is 8.78 Å². The highest BCUT2D eigenvalue weighted by Crippen LogP contribution is 2.16. The number of hydrogen-bond donors (Lipinski definition) is 1. The van der Waals surface area contributed by atoms with Crippen LogP contribution in [-0.4, -0.2) is 18.6 Å². The fourth-order valence-electron chi connectivity index (χ4n) is 2.07. The Morgan fingerprint density at radius 2 is 1.79 bits per heavy atom. The average molecular weight is 335 g/mol. The summed E-state index contributed by atoms with van der Waals surface area (Å²) in [5.74, 6) is 0.451. The van der Waals surface area contributed by atoms with Gasteiger partial charge in [0.25, 0.3) is 5.91 Å². The summed E-state index contributed by atoms with van der Waals surface area (Å²) in [4.78, 5) is 12.1. The van der Waals surface area contributed by atoms with Gasteiger partial charge in [-0.15, -0.1) is 0 Å². The smallest absolute Gasteiger partial charge is 0.387 e. The van der Waals surface area contributed by atoms with E-state index in [0.29, 0.717) is 5.75 Å². The number of alkyl halides is 2. The highest BCUT2D eigenvalue weighted by atomic mass is 19.3. The third kappa shape index (κ3) is 5.53. The molecule has 1 atom stereocenters. The molecule has 0 radical (unpaired) electrons. The highest BCUT2D eigenvalue weighted by Gasteiger charge is 2.14. The van der Waals surface area contributed by atoms with Crippen LogP contribution in [0.15, 0.2) is 48.5 Å². The zero-order valence-corrected chi connectivity index (χ0v) is 13.5. The molecule has 2 aromatic carbocycles. The van der Waals surface area contributed by atoms with Gasteiger partial charge in [0.2, 0.25) is 0 Å². The van der Waals surface area contributed by atoms with Crippen LogP contribution in [0.25, 0.3) is 0 Å². The molecule has 1 amide bonds. The molecule has 2 aromatic rings. The third-order valence-corrected chi connectivity index (χ3v) is 3.29. The zero-order valence-electron chi connectivity index (χ0n) is 13.5. The summed E-state index contributed by atoms with van der Waals surface area (Å²) in [7, 11) is 0. The molecule has 4 nitrogen and oxygen atoms in total. The minimum absolute atomic E-state index is 0.0798. The first-order valence-electron chi connectivity index (χ1n) is 7.49. The minimum Gasteiger partial charge on any atom is -0.481 e. The minimum atomic E-state index is -2.85. The summed E-state index contributed by atoms with van der Waals surface area (Å²) in [5.41, 5.74) is 1.82. The Kier molecular flexibility index (Phi) is 6.12. The first-order chi connectivity index (χ1) is 11.4. The summed E-state index contributed by atoms with van der Waals surface area (Å²) >= 11 is 0. The van der Waals surface area contributed by atoms with Crippen LogP contribution in [0.2, 0.25) is 0 Å². The van der Waals surface area contributed by atoms with Crippen LogP contribution in [0.1, 0.15) is 18.1 Å². The molecule has 0 aliphatic carbocycles. The predicted molar refractivity (Wildman–Crippen MR) is 86.2 cm³/mol. The Morgan fingerprint density at radius 1 is 1.08 bits per heavy atom. The van der Waals surface area contributed by atoms with Gasteiger partial charge in [0.05, 0.1) is 0 Å². The normalized spacial score (nSPS) is 11.9. The van der Waals surface area contributed by atoms with Crippen LogP contribution in [0, 0.1) is 6.92 Å². The molecule has 1 N–H and O–H groups in total. The lowest BCUT2D eigenvalue weighted by Crippen LogP contribution is -2.35. The average Bonchev–Trinajstić information content (AvgIpc) is 2.53. The Labute approximate surface area is 139 Å². The Balaban J connectivity index is 1.83. The molecule has 0 fully saturated rings. The van der Waals surface area contributed by atoms with Gasteiger partial charge in [0.1, 0.15) is 11.5 Å². The molecule has 0 saturated heterocycles. The summed E-state index contributed by atoms with van der Waals surface area (Å²) in [6, 6.07) is 13.5. The molecule has 0 spiro atoms. The van der Waals surface area contributed by atoms with E-state index < -0.39 is 12.7 Å². The van der Waals surface area contributed by atoms with Crippen LogP contribution in [0.4, 0.5) is 8.78 Å². The van der Waals surface area contributed by atoms with Crippen LogP contribution in [0.3, 0.4) is 0 Å². The van der Waals surface area contributed by atoms with Crippen molar-refractivity contribution in [1.82, 2.24) is 5.32 Å². The van der Waals surface area contributed by atoms with Gasteiger partial charge in [0.15, 0.2) is 6.10 Å². The van der Waals surface area contributed by atoms with Crippen LogP contribution < -0.4 is 14.8 Å². The van der Waals surface area contributed by atoms with Gasteiger partial charge in [-0.05, 0) is 49.2 Å². The van der Waals surface area contributed by atoms with Crippen molar-refractivity contribution in [3.8, 4) is 11.5 Å². The number of benzene rings is 2. The van der Waals surface area contributed by atoms with Crippen LogP contribution in [0.5, 0.6) is 11.5 Å². The number of carbonyl (C=O) groups is 1. The van der Waals surface area contributed by atoms with E-state index in [-0.39, 0.29) is 18.2 Å². The van der Waals surface area contributed by atoms with Crippen molar-refractivity contribution < 1.29 is 23.0 Å². The largest absolute Gasteiger partial charge is 0.481 e. The van der Waals surface area contributed by atoms with E-state index in [4.69, 9.17) is 4.74 Å². The lowest BCUT2D eigenvalue weighted by atomic mass is 10.2. The molecule has 0 aliphatic rings. The SMILES string of the molecule is Cc1cccc(OC(C)C(=O)NCc2ccc(OC(F)F)cc2)c1. The number of amides is 1. The molecule has 128 valence electrons. The van der Waals surface area contributed by atoms with Crippen LogP contribution in [-0.2, 0) is 11.3 Å². The van der Waals surface area contributed by atoms with E-state index in [1.807, 2.05) is 25.1 Å². The van der Waals surface area contributed by atoms with Gasteiger partial charge in [-0.25, -0.2) is 0 Å². The number of ether oxygens (including phenoxy) is 2. The summed E-state index contributed by atoms with van der Waals surface area (Å²) < 4.78 is 34.0. The maximum absolute atomic E-state index is 12.1. The van der Waals surface area contributed by atoms with E-state index in [1.165, 1.54) is 12.1 Å². The summed E-state index contributed by atoms with van der Waals surface area (Å²) in [5, 5.41) is 2.74. The van der Waals surface area contributed by atoms with Crippen LogP contribution >= 0.6 is 0 Å². The quantitative estimate of drug-likeness (QED) is 0.840. The third-order valence-electron chi connectivity index (χ3n) is 3.29. The van der Waals surface area contributed by atoms with E-state index in [0.717, 1.165) is 11.1 Å². The number of rotatable bonds is 7. The molecule has 24 heavy (non-hydrogen) atoms. The van der Waals surface area contributed by atoms with Crippen molar-refractivity contribution in [2.45, 2.75) is 33.1 Å². The maximum atomic E-state index is 12.1. The Morgan fingerprint density at radius 3 is 2.42 bits per heavy atom. The van der Waals surface area contributed by atoms with Crippen molar-refractivity contribution in [2.75, 3.05) is 0 Å². The van der Waals surface area contributed by atoms with Gasteiger partial charge in [-0.1, -0.05) is 24.3 Å². The Hall–Kier alpha value is -2.63. The molecule has 0 bridgehead atoms. The molecule has 0 aromatic heterocycles. The molecule has 1 unspecified atom stereocenters. The lowest BCUT2D eigenvalue weighted by Gasteiger charge is -2.15. The number of halogens is 2. The predicted octanol–water partition coefficient (Wildman–Crippen LogP) is 3.68. The lowest BCUT2D eigenvalue weighted by molar-refractivity contribution is -0.127. The van der Waals surface area contributed by atoms with E-state index in [9.17, 15) is 13.6 Å². The van der Waals surface area contributed by atoms with Gasteiger partial charge < -0.3 is 14.8 Å². The van der Waals surface area contributed by atoms with Crippen molar-refractivity contribution >= 4 is 5.91 Å². The first-order valence-corrected chi connectivity index (χ1v) is 7.49. The second kappa shape index (κ2) is 8.29. The monoisotopic (exact) mass is 335 g/mol. The van der Waals surface area contributed by atoms with Gasteiger partial charge in [-0.3, -0.25) is 4.79 Å². The van der Waals surface area contributed by atoms with E-state index in [1.54, 1.807) is 25.1 Å². The van der Waals surface area contributed by atoms with Crippen molar-refractivity contribution in [2.24, 2.45) is 0 Å². The second-order valence-electron chi connectivity index (χ2n) is 5.32. The van der Waals surface area contributed by atoms with Crippen molar-refractivity contribution in [3.63, 3.8) is 0 Å². The van der Waals surface area contributed by atoms with E-state index in [2.05, 4.69) is 10.1 Å². The van der Waals surface area contributed by atoms with Gasteiger partial charge in [0, 0.05) is 6.54 Å². The topological polar surface area (TPSA) is 47.6 Å². The maximum Gasteiger partial charge on any atom is 0.387 e. The molecular weight excluding hydrogens is 316 g/mol. The number of aryl methyl sites for hydroxylation is 1. The zero-order chi connectivity index (χ0) is 17.5. The number of nitrogens with one attached hydrogen (secondary N) is 1. The van der Waals surface area contributed by atoms with E-state index >= 15 is 0 Å². The fourth-order valence-corrected chi connectivity index (χ4v) is 2.07. The molecule has 0 heterocycles. The summed E-state index contributed by atoms with van der Waals surface area (Å²) in [6.07, 6.45) is -0.645. The van der Waals surface area contributed by atoms with Gasteiger partial charge >= 0.3 is 6.61 Å². The van der Waals surface area contributed by atoms with Crippen molar-refractivity contribution in [3.05, 3.63) is 59.7 Å². The molecular formula is C18H19F2NO3. The first kappa shape index (κ1) is 17.7. The number of carbonyl (C=O) groups excluding carboxylic acids is 1. The Bertz CT molecular complexity index is 674. The highest BCUT2D eigenvalue weighted by molar-refractivity contribution is 5.80. The molecule has 2 rings (SSSR count). The molecule has 0 aliphatic heterocycles. The molecule has 0 saturated carbocycles. The fraction of sp³-hybridized carbons (Fsp3) is 0.278. The second-order valence-corrected chi connectivity index (χ2v) is 5.32.